The Morgan fingerprint density at radius 2 is 0.463 bits per heavy atom. The maximum atomic E-state index is 6.21. The third-order valence-electron chi connectivity index (χ3n) is 12.5. The van der Waals surface area contributed by atoms with E-state index in [0.29, 0.717) is 88.1 Å². The fraction of sp³-hybridized carbons (Fsp3) is 1.00. The van der Waals surface area contributed by atoms with Gasteiger partial charge in [-0.2, -0.15) is 0 Å². The van der Waals surface area contributed by atoms with E-state index in [1.807, 2.05) is 0 Å². The van der Waals surface area contributed by atoms with Crippen molar-refractivity contribution in [1.29, 1.82) is 0 Å². The quantitative estimate of drug-likeness (QED) is 0.0392. The van der Waals surface area contributed by atoms with Gasteiger partial charge in [0, 0.05) is 174 Å². The van der Waals surface area contributed by atoms with Gasteiger partial charge in [0.15, 0.2) is 0 Å². The van der Waals surface area contributed by atoms with E-state index in [-0.39, 0.29) is 0 Å². The Labute approximate surface area is 415 Å². The third-order valence-corrected chi connectivity index (χ3v) is 32.1. The molecule has 404 valence electrons. The second kappa shape index (κ2) is 34.3. The zero-order chi connectivity index (χ0) is 51.3. The molecule has 0 radical (unpaired) electrons. The molecule has 0 amide bonds. The van der Waals surface area contributed by atoms with Crippen molar-refractivity contribution < 1.29 is 79.7 Å². The fourth-order valence-electron chi connectivity index (χ4n) is 8.16. The molecule has 0 aliphatic heterocycles. The van der Waals surface area contributed by atoms with Crippen molar-refractivity contribution in [3.8, 4) is 0 Å². The van der Waals surface area contributed by atoms with Gasteiger partial charge in [0.1, 0.15) is 0 Å². The summed E-state index contributed by atoms with van der Waals surface area (Å²) in [5.74, 6) is 0. The van der Waals surface area contributed by atoms with Crippen molar-refractivity contribution in [3.05, 3.63) is 0 Å². The summed E-state index contributed by atoms with van der Waals surface area (Å²) in [6.45, 7) is 6.70. The van der Waals surface area contributed by atoms with Gasteiger partial charge >= 0.3 is 52.8 Å². The van der Waals surface area contributed by atoms with Gasteiger partial charge in [0.05, 0.1) is 12.3 Å². The molecule has 0 fully saturated rings. The minimum Gasteiger partial charge on any atom is -0.377 e. The van der Waals surface area contributed by atoms with Crippen LogP contribution in [0.25, 0.3) is 0 Å². The normalized spacial score (nSPS) is 15.5. The number of hydrogen-bond acceptors (Lipinski definition) is 23. The largest absolute Gasteiger partial charge is 0.501 e. The topological polar surface area (TPSA) is 214 Å². The summed E-state index contributed by atoms with van der Waals surface area (Å²) in [5, 5.41) is 15.5. The number of nitrogens with one attached hydrogen (secondary N) is 4. The molecule has 4 N–H and O–H groups in total. The average molecular weight is 1100 g/mol. The second-order valence-electron chi connectivity index (χ2n) is 15.9. The van der Waals surface area contributed by atoms with E-state index in [9.17, 15) is 0 Å². The van der Waals surface area contributed by atoms with Gasteiger partial charge < -0.3 is 101 Å². The lowest BCUT2D eigenvalue weighted by Gasteiger charge is -2.50. The molecule has 0 aromatic rings. The molecule has 0 heterocycles. The van der Waals surface area contributed by atoms with Gasteiger partial charge in [-0.3, -0.25) is 0 Å². The molecule has 29 heteroatoms. The minimum absolute atomic E-state index is 0.371. The van der Waals surface area contributed by atoms with E-state index < -0.39 is 74.7 Å². The monoisotopic (exact) mass is 1090 g/mol. The Morgan fingerprint density at radius 1 is 0.299 bits per heavy atom. The molecule has 0 rings (SSSR count). The van der Waals surface area contributed by atoms with Crippen molar-refractivity contribution >= 4 is 64.6 Å². The molecule has 22 nitrogen and oxygen atoms in total. The van der Waals surface area contributed by atoms with Crippen LogP contribution in [0.5, 0.6) is 0 Å². The van der Waals surface area contributed by atoms with Crippen molar-refractivity contribution in [2.75, 3.05) is 154 Å². The summed E-state index contributed by atoms with van der Waals surface area (Å²) in [4.78, 5) is 0. The van der Waals surface area contributed by atoms with E-state index in [0.717, 1.165) is 0 Å². The third kappa shape index (κ3) is 20.5. The molecule has 0 aromatic carbocycles. The molecule has 67 heavy (non-hydrogen) atoms. The van der Waals surface area contributed by atoms with Crippen LogP contribution in [0.3, 0.4) is 0 Å². The van der Waals surface area contributed by atoms with Gasteiger partial charge in [0.2, 0.25) is 0 Å². The minimum atomic E-state index is -3.36. The van der Waals surface area contributed by atoms with E-state index in [4.69, 9.17) is 79.7 Å². The SMILES string of the molecule is CO[Si](CCCNC(NCCC[Si](OC)(OC)OC)C(C)(C[Si](OC)(OC)OC)SC(C)(C[Si](OC)(OC)OC)C(NCCC[Si](OC)(OC)OC)NCCC[Si](OC)(OC)OC)(OC)OC. The highest BCUT2D eigenvalue weighted by atomic mass is 32.2. The van der Waals surface area contributed by atoms with Gasteiger partial charge in [-0.05, 0) is 65.7 Å². The number of hydrogen-bond donors (Lipinski definition) is 4. The number of rotatable bonds is 46. The summed E-state index contributed by atoms with van der Waals surface area (Å²) in [7, 11) is 11.1. The zero-order valence-electron chi connectivity index (χ0n) is 44.8. The van der Waals surface area contributed by atoms with E-state index in [1.54, 1.807) is 140 Å². The molecule has 0 aliphatic rings. The lowest BCUT2D eigenvalue weighted by atomic mass is 10.1. The van der Waals surface area contributed by atoms with Gasteiger partial charge in [-0.15, -0.1) is 11.8 Å². The summed E-state index contributed by atoms with van der Waals surface area (Å²) in [6, 6.07) is 3.10. The van der Waals surface area contributed by atoms with Crippen LogP contribution in [-0.2, 0) is 79.7 Å². The average Bonchev–Trinajstić information content (AvgIpc) is 3.36. The maximum Gasteiger partial charge on any atom is 0.501 e. The first kappa shape index (κ1) is 67.8. The Kier molecular flexibility index (Phi) is 34.7. The molecule has 0 bridgehead atoms. The van der Waals surface area contributed by atoms with Crippen molar-refractivity contribution in [3.63, 3.8) is 0 Å². The predicted octanol–water partition coefficient (Wildman–Crippen LogP) is 3.08. The van der Waals surface area contributed by atoms with Crippen molar-refractivity contribution in [2.24, 2.45) is 0 Å². The highest BCUT2D eigenvalue weighted by molar-refractivity contribution is 8.02. The van der Waals surface area contributed by atoms with E-state index in [2.05, 4.69) is 35.1 Å². The van der Waals surface area contributed by atoms with Crippen LogP contribution in [0.1, 0.15) is 39.5 Å². The Hall–Kier alpha value is 0.771. The van der Waals surface area contributed by atoms with Crippen LogP contribution in [0, 0.1) is 0 Å². The first-order valence-electron chi connectivity index (χ1n) is 22.4. The van der Waals surface area contributed by atoms with Crippen LogP contribution in [0.15, 0.2) is 0 Å². The predicted molar refractivity (Wildman–Crippen MR) is 272 cm³/mol. The highest BCUT2D eigenvalue weighted by Gasteiger charge is 2.57. The van der Waals surface area contributed by atoms with Crippen molar-refractivity contribution in [2.45, 2.75) is 97.6 Å². The lowest BCUT2D eigenvalue weighted by molar-refractivity contribution is 0.116. The Bertz CT molecular complexity index is 1060. The maximum absolute atomic E-state index is 6.21. The van der Waals surface area contributed by atoms with Crippen LogP contribution in [0.2, 0.25) is 36.3 Å². The standard InChI is InChI=1S/C38H94N4O18SSi6/c1-37(33-66(55-15,56-16)57-17,35(39-25-21-29-62(43-3,44-4)45-5)40-26-22-30-63(46-6,47-7)48-8)61-38(2,34-67(58-18,59-19)60-20)36(41-27-23-31-64(49-9,50-10)51-11)42-28-24-32-65(52-12,53-13)54-14/h35-36,39-42H,21-34H2,1-20H3. The first-order valence-corrected chi connectivity index (χ1v) is 34.8. The highest BCUT2D eigenvalue weighted by Crippen LogP contribution is 2.49. The van der Waals surface area contributed by atoms with Gasteiger partial charge in [-0.1, -0.05) is 0 Å². The summed E-state index contributed by atoms with van der Waals surface area (Å²) in [6.07, 6.45) is 1.97. The smallest absolute Gasteiger partial charge is 0.377 e. The Morgan fingerprint density at radius 3 is 0.612 bits per heavy atom. The first-order chi connectivity index (χ1) is 31.8. The van der Waals surface area contributed by atoms with E-state index in [1.165, 1.54) is 0 Å². The molecule has 0 aliphatic carbocycles. The van der Waals surface area contributed by atoms with E-state index >= 15 is 0 Å². The molecule has 2 atom stereocenters. The van der Waals surface area contributed by atoms with Crippen LogP contribution in [0.4, 0.5) is 0 Å². The number of thioether (sulfide) groups is 1. The summed E-state index contributed by atoms with van der Waals surface area (Å²) in [5.41, 5.74) is 0. The lowest BCUT2D eigenvalue weighted by Crippen LogP contribution is -2.66. The molecule has 2 unspecified atom stereocenters. The van der Waals surface area contributed by atoms with Gasteiger partial charge in [0.25, 0.3) is 0 Å². The summed E-state index contributed by atoms with van der Waals surface area (Å²) < 4.78 is 105. The van der Waals surface area contributed by atoms with Crippen molar-refractivity contribution in [1.82, 2.24) is 21.3 Å². The molecular weight excluding hydrogens is 1000 g/mol. The summed E-state index contributed by atoms with van der Waals surface area (Å²) >= 11 is 1.74. The molecule has 0 saturated heterocycles. The molecular formula is C38H94N4O18SSi6. The molecule has 0 aromatic heterocycles. The second-order valence-corrected chi connectivity index (χ2v) is 36.3. The molecule has 0 saturated carbocycles. The van der Waals surface area contributed by atoms with Crippen LogP contribution in [-0.4, -0.2) is 229 Å². The zero-order valence-corrected chi connectivity index (χ0v) is 51.6. The molecule has 0 spiro atoms. The fourth-order valence-corrected chi connectivity index (χ4v) is 22.3. The van der Waals surface area contributed by atoms with Crippen LogP contribution < -0.4 is 21.3 Å². The van der Waals surface area contributed by atoms with Crippen LogP contribution >= 0.6 is 11.8 Å². The Balaban J connectivity index is 7.92. The van der Waals surface area contributed by atoms with Gasteiger partial charge in [-0.25, -0.2) is 0 Å².